The molecule has 1 aliphatic rings. The lowest BCUT2D eigenvalue weighted by Crippen LogP contribution is -2.25. The first-order chi connectivity index (χ1) is 9.61. The molecule has 5 nitrogen and oxygen atoms in total. The van der Waals surface area contributed by atoms with Gasteiger partial charge >= 0.3 is 0 Å². The maximum absolute atomic E-state index is 12.1. The topological polar surface area (TPSA) is 58.1 Å². The summed E-state index contributed by atoms with van der Waals surface area (Å²) in [6, 6.07) is 3.18. The summed E-state index contributed by atoms with van der Waals surface area (Å²) >= 11 is 7.37. The van der Waals surface area contributed by atoms with E-state index in [2.05, 4.69) is 27.2 Å². The predicted molar refractivity (Wildman–Crippen MR) is 79.4 cm³/mol. The SMILES string of the molecule is CN1CCc2nc(NC(=O)c3cc(Cl)ccn3)sc2C1. The molecule has 1 N–H and O–H groups in total. The lowest BCUT2D eigenvalue weighted by molar-refractivity contribution is 0.102. The van der Waals surface area contributed by atoms with E-state index in [9.17, 15) is 4.79 Å². The van der Waals surface area contributed by atoms with E-state index in [0.717, 1.165) is 25.2 Å². The Balaban J connectivity index is 1.77. The van der Waals surface area contributed by atoms with E-state index in [1.54, 1.807) is 6.07 Å². The van der Waals surface area contributed by atoms with Crippen molar-refractivity contribution in [2.45, 2.75) is 13.0 Å². The number of carbonyl (C=O) groups excluding carboxylic acids is 1. The first-order valence-corrected chi connectivity index (χ1v) is 7.41. The molecule has 2 aromatic heterocycles. The smallest absolute Gasteiger partial charge is 0.276 e. The van der Waals surface area contributed by atoms with Crippen molar-refractivity contribution in [1.29, 1.82) is 0 Å². The molecule has 20 heavy (non-hydrogen) atoms. The largest absolute Gasteiger partial charge is 0.301 e. The number of thiazole rings is 1. The Bertz CT molecular complexity index is 658. The molecule has 0 atom stereocenters. The Morgan fingerprint density at radius 1 is 1.55 bits per heavy atom. The van der Waals surface area contributed by atoms with Gasteiger partial charge in [0.25, 0.3) is 5.91 Å². The molecule has 0 fully saturated rings. The van der Waals surface area contributed by atoms with Crippen LogP contribution in [-0.2, 0) is 13.0 Å². The second-order valence-corrected chi connectivity index (χ2v) is 6.21. The van der Waals surface area contributed by atoms with Crippen LogP contribution in [0.25, 0.3) is 0 Å². The molecule has 0 aromatic carbocycles. The van der Waals surface area contributed by atoms with Crippen molar-refractivity contribution in [3.63, 3.8) is 0 Å². The number of hydrogen-bond acceptors (Lipinski definition) is 5. The highest BCUT2D eigenvalue weighted by Gasteiger charge is 2.19. The molecule has 0 spiro atoms. The number of rotatable bonds is 2. The average molecular weight is 309 g/mol. The van der Waals surface area contributed by atoms with Crippen molar-refractivity contribution in [2.24, 2.45) is 0 Å². The highest BCUT2D eigenvalue weighted by atomic mass is 35.5. The minimum Gasteiger partial charge on any atom is -0.301 e. The molecule has 3 heterocycles. The Morgan fingerprint density at radius 3 is 3.20 bits per heavy atom. The predicted octanol–water partition coefficient (Wildman–Crippen LogP) is 2.43. The van der Waals surface area contributed by atoms with Gasteiger partial charge in [0, 0.05) is 35.6 Å². The van der Waals surface area contributed by atoms with Crippen LogP contribution >= 0.6 is 22.9 Å². The number of amides is 1. The van der Waals surface area contributed by atoms with Crippen LogP contribution < -0.4 is 5.32 Å². The molecule has 3 rings (SSSR count). The van der Waals surface area contributed by atoms with Gasteiger partial charge in [-0.15, -0.1) is 11.3 Å². The molecule has 0 saturated carbocycles. The maximum Gasteiger partial charge on any atom is 0.276 e. The van der Waals surface area contributed by atoms with Gasteiger partial charge in [-0.1, -0.05) is 11.6 Å². The first-order valence-electron chi connectivity index (χ1n) is 6.22. The zero-order chi connectivity index (χ0) is 14.1. The van der Waals surface area contributed by atoms with E-state index in [0.29, 0.717) is 15.8 Å². The van der Waals surface area contributed by atoms with E-state index < -0.39 is 0 Å². The highest BCUT2D eigenvalue weighted by Crippen LogP contribution is 2.27. The van der Waals surface area contributed by atoms with E-state index in [-0.39, 0.29) is 5.91 Å². The molecule has 0 bridgehead atoms. The van der Waals surface area contributed by atoms with Crippen molar-refractivity contribution >= 4 is 34.0 Å². The monoisotopic (exact) mass is 308 g/mol. The van der Waals surface area contributed by atoms with Gasteiger partial charge in [-0.25, -0.2) is 4.98 Å². The third kappa shape index (κ3) is 2.82. The molecule has 7 heteroatoms. The highest BCUT2D eigenvalue weighted by molar-refractivity contribution is 7.15. The van der Waals surface area contributed by atoms with Gasteiger partial charge in [0.1, 0.15) is 5.69 Å². The summed E-state index contributed by atoms with van der Waals surface area (Å²) in [5.41, 5.74) is 1.38. The fraction of sp³-hybridized carbons (Fsp3) is 0.308. The van der Waals surface area contributed by atoms with Crippen LogP contribution in [0, 0.1) is 0 Å². The second kappa shape index (κ2) is 5.47. The summed E-state index contributed by atoms with van der Waals surface area (Å²) < 4.78 is 0. The summed E-state index contributed by atoms with van der Waals surface area (Å²) in [5, 5.41) is 3.90. The second-order valence-electron chi connectivity index (χ2n) is 4.69. The molecule has 2 aromatic rings. The van der Waals surface area contributed by atoms with Crippen LogP contribution in [0.5, 0.6) is 0 Å². The third-order valence-electron chi connectivity index (χ3n) is 3.10. The number of likely N-dealkylation sites (N-methyl/N-ethyl adjacent to an activating group) is 1. The normalized spacial score (nSPS) is 14.9. The van der Waals surface area contributed by atoms with Crippen LogP contribution in [0.1, 0.15) is 21.1 Å². The Labute approximate surface area is 125 Å². The zero-order valence-electron chi connectivity index (χ0n) is 10.9. The number of anilines is 1. The van der Waals surface area contributed by atoms with Crippen LogP contribution in [0.3, 0.4) is 0 Å². The average Bonchev–Trinajstić information content (AvgIpc) is 2.80. The van der Waals surface area contributed by atoms with E-state index in [1.807, 2.05) is 0 Å². The molecule has 1 amide bonds. The summed E-state index contributed by atoms with van der Waals surface area (Å²) in [6.45, 7) is 1.89. The fourth-order valence-electron chi connectivity index (χ4n) is 2.07. The van der Waals surface area contributed by atoms with E-state index in [1.165, 1.54) is 28.5 Å². The Morgan fingerprint density at radius 2 is 2.40 bits per heavy atom. The van der Waals surface area contributed by atoms with Gasteiger partial charge in [0.05, 0.1) is 5.69 Å². The van der Waals surface area contributed by atoms with Crippen molar-refractivity contribution in [1.82, 2.24) is 14.9 Å². The number of fused-ring (bicyclic) bond motifs is 1. The molecule has 0 saturated heterocycles. The summed E-state index contributed by atoms with van der Waals surface area (Å²) in [6.07, 6.45) is 2.44. The first kappa shape index (κ1) is 13.5. The molecule has 104 valence electrons. The summed E-state index contributed by atoms with van der Waals surface area (Å²) in [7, 11) is 2.08. The molecule has 1 aliphatic heterocycles. The third-order valence-corrected chi connectivity index (χ3v) is 4.33. The minimum absolute atomic E-state index is 0.285. The molecule has 0 aliphatic carbocycles. The molecular weight excluding hydrogens is 296 g/mol. The minimum atomic E-state index is -0.285. The number of carbonyl (C=O) groups is 1. The Kier molecular flexibility index (Phi) is 3.69. The van der Waals surface area contributed by atoms with E-state index in [4.69, 9.17) is 11.6 Å². The number of aromatic nitrogens is 2. The van der Waals surface area contributed by atoms with E-state index >= 15 is 0 Å². The maximum atomic E-state index is 12.1. The van der Waals surface area contributed by atoms with Crippen LogP contribution in [0.15, 0.2) is 18.3 Å². The zero-order valence-corrected chi connectivity index (χ0v) is 12.5. The summed E-state index contributed by atoms with van der Waals surface area (Å²) in [5.74, 6) is -0.285. The van der Waals surface area contributed by atoms with Crippen molar-refractivity contribution in [3.05, 3.63) is 39.6 Å². The lowest BCUT2D eigenvalue weighted by Gasteiger charge is -2.20. The van der Waals surface area contributed by atoms with Crippen LogP contribution in [0.2, 0.25) is 5.02 Å². The van der Waals surface area contributed by atoms with Gasteiger partial charge in [-0.05, 0) is 19.2 Å². The number of nitrogens with one attached hydrogen (secondary N) is 1. The fourth-order valence-corrected chi connectivity index (χ4v) is 3.31. The Hall–Kier alpha value is -1.50. The molecule has 0 radical (unpaired) electrons. The van der Waals surface area contributed by atoms with Crippen LogP contribution in [-0.4, -0.2) is 34.4 Å². The van der Waals surface area contributed by atoms with Crippen molar-refractivity contribution < 1.29 is 4.79 Å². The number of nitrogens with zero attached hydrogens (tertiary/aromatic N) is 3. The van der Waals surface area contributed by atoms with Gasteiger partial charge < -0.3 is 4.90 Å². The van der Waals surface area contributed by atoms with Crippen molar-refractivity contribution in [2.75, 3.05) is 18.9 Å². The van der Waals surface area contributed by atoms with Gasteiger partial charge in [0.15, 0.2) is 5.13 Å². The quantitative estimate of drug-likeness (QED) is 0.925. The summed E-state index contributed by atoms with van der Waals surface area (Å²) in [4.78, 5) is 24.0. The number of hydrogen-bond donors (Lipinski definition) is 1. The lowest BCUT2D eigenvalue weighted by atomic mass is 10.2. The van der Waals surface area contributed by atoms with Crippen LogP contribution in [0.4, 0.5) is 5.13 Å². The van der Waals surface area contributed by atoms with Crippen molar-refractivity contribution in [3.8, 4) is 0 Å². The standard InChI is InChI=1S/C13H13ClN4OS/c1-18-5-3-9-11(7-18)20-13(16-9)17-12(19)10-6-8(14)2-4-15-10/h2,4,6H,3,5,7H2,1H3,(H,16,17,19). The molecule has 0 unspecified atom stereocenters. The van der Waals surface area contributed by atoms with Gasteiger partial charge in [-0.2, -0.15) is 0 Å². The van der Waals surface area contributed by atoms with Gasteiger partial charge in [-0.3, -0.25) is 15.1 Å². The molecular formula is C13H13ClN4OS. The number of halogens is 1. The number of pyridine rings is 1. The van der Waals surface area contributed by atoms with Gasteiger partial charge in [0.2, 0.25) is 0 Å².